The average Bonchev–Trinajstić information content (AvgIpc) is 3.31. The molecule has 5 rings (SSSR count). The van der Waals surface area contributed by atoms with Gasteiger partial charge in [-0.2, -0.15) is 0 Å². The highest BCUT2D eigenvalue weighted by molar-refractivity contribution is 7.21. The smallest absolute Gasteiger partial charge is 0.263 e. The highest BCUT2D eigenvalue weighted by Gasteiger charge is 2.37. The van der Waals surface area contributed by atoms with Gasteiger partial charge in [0.1, 0.15) is 15.5 Å². The van der Waals surface area contributed by atoms with Crippen LogP contribution >= 0.6 is 11.3 Å². The number of aromatic nitrogens is 2. The Kier molecular flexibility index (Phi) is 6.13. The first kappa shape index (κ1) is 23.9. The molecule has 0 saturated carbocycles. The van der Waals surface area contributed by atoms with E-state index in [1.165, 1.54) is 11.3 Å². The molecule has 1 fully saturated rings. The summed E-state index contributed by atoms with van der Waals surface area (Å²) in [6.45, 7) is 3.87. The Labute approximate surface area is 206 Å². The first-order chi connectivity index (χ1) is 16.6. The Morgan fingerprint density at radius 1 is 1.26 bits per heavy atom. The molecular formula is C25H30F2N6OS. The largest absolute Gasteiger partial charge is 0.397 e. The zero-order valence-corrected chi connectivity index (χ0v) is 20.7. The Hall–Kier alpha value is -2.85. The second-order valence-electron chi connectivity index (χ2n) is 9.94. The van der Waals surface area contributed by atoms with Crippen LogP contribution in [-0.4, -0.2) is 47.0 Å². The van der Waals surface area contributed by atoms with Gasteiger partial charge in [-0.3, -0.25) is 4.79 Å². The second kappa shape index (κ2) is 8.98. The summed E-state index contributed by atoms with van der Waals surface area (Å²) in [5.74, 6) is -2.37. The van der Waals surface area contributed by atoms with Crippen LogP contribution in [-0.2, 0) is 12.8 Å². The van der Waals surface area contributed by atoms with E-state index < -0.39 is 5.92 Å². The molecule has 0 unspecified atom stereocenters. The van der Waals surface area contributed by atoms with Crippen LogP contribution in [0.3, 0.4) is 0 Å². The summed E-state index contributed by atoms with van der Waals surface area (Å²) in [5.41, 5.74) is 15.8. The molecule has 2 aliphatic rings. The number of nitrogens with zero attached hydrogens (tertiary/aromatic N) is 3. The van der Waals surface area contributed by atoms with Crippen LogP contribution < -0.4 is 21.7 Å². The summed E-state index contributed by atoms with van der Waals surface area (Å²) in [6, 6.07) is 7.45. The number of rotatable bonds is 5. The molecule has 3 aromatic heterocycles. The van der Waals surface area contributed by atoms with Crippen molar-refractivity contribution in [2.45, 2.75) is 57.5 Å². The fraction of sp³-hybridized carbons (Fsp3) is 0.480. The van der Waals surface area contributed by atoms with Crippen LogP contribution in [0.25, 0.3) is 10.2 Å². The molecule has 1 saturated heterocycles. The van der Waals surface area contributed by atoms with Crippen molar-refractivity contribution in [1.82, 2.24) is 15.3 Å². The third-order valence-corrected chi connectivity index (χ3v) is 8.07. The molecule has 10 heteroatoms. The number of alkyl halides is 2. The molecule has 186 valence electrons. The van der Waals surface area contributed by atoms with Gasteiger partial charge in [0.25, 0.3) is 5.91 Å². The number of pyridine rings is 2. The minimum absolute atomic E-state index is 0.0154. The Bertz CT molecular complexity index is 1270. The van der Waals surface area contributed by atoms with Crippen LogP contribution in [0.2, 0.25) is 0 Å². The molecule has 4 heterocycles. The molecule has 0 spiro atoms. The fourth-order valence-corrected chi connectivity index (χ4v) is 6.21. The zero-order chi connectivity index (χ0) is 24.9. The lowest BCUT2D eigenvalue weighted by atomic mass is 9.91. The summed E-state index contributed by atoms with van der Waals surface area (Å²) >= 11 is 1.32. The van der Waals surface area contributed by atoms with Crippen molar-refractivity contribution in [1.29, 1.82) is 0 Å². The number of nitrogens with two attached hydrogens (primary N) is 2. The fourth-order valence-electron chi connectivity index (χ4n) is 5.17. The van der Waals surface area contributed by atoms with Gasteiger partial charge < -0.3 is 21.7 Å². The Balaban J connectivity index is 1.25. The standard InChI is InChI=1S/C25H30F2N6OS/c1-13-3-6-17-21(29)22(35-24(17)30-13)23(34)31-16-5-7-19-14(9-16)4-8-20(32-19)33-11-15(18(28)12-33)10-25(2,26)27/h3-4,6,8,15-16,18H,5,7,9-12,28-29H2,1-2H3,(H,31,34)/t15-,16+,18+/m1/s1. The second-order valence-corrected chi connectivity index (χ2v) is 10.9. The minimum atomic E-state index is -2.73. The number of aryl methyl sites for hydroxylation is 2. The summed E-state index contributed by atoms with van der Waals surface area (Å²) in [5, 5.41) is 3.94. The predicted molar refractivity (Wildman–Crippen MR) is 135 cm³/mol. The number of amides is 1. The Morgan fingerprint density at radius 2 is 2.06 bits per heavy atom. The van der Waals surface area contributed by atoms with Gasteiger partial charge in [0.05, 0.1) is 5.69 Å². The highest BCUT2D eigenvalue weighted by Crippen LogP contribution is 2.34. The number of fused-ring (bicyclic) bond motifs is 2. The number of nitrogen functional groups attached to an aromatic ring is 1. The Morgan fingerprint density at radius 3 is 2.83 bits per heavy atom. The molecular weight excluding hydrogens is 470 g/mol. The predicted octanol–water partition coefficient (Wildman–Crippen LogP) is 3.68. The van der Waals surface area contributed by atoms with Crippen LogP contribution in [0.15, 0.2) is 24.3 Å². The van der Waals surface area contributed by atoms with E-state index in [2.05, 4.69) is 10.3 Å². The van der Waals surface area contributed by atoms with E-state index in [4.69, 9.17) is 16.5 Å². The number of carbonyl (C=O) groups excluding carboxylic acids is 1. The first-order valence-electron chi connectivity index (χ1n) is 11.9. The lowest BCUT2D eigenvalue weighted by molar-refractivity contribution is -0.00267. The topological polar surface area (TPSA) is 110 Å². The molecule has 0 aromatic carbocycles. The van der Waals surface area contributed by atoms with Crippen molar-refractivity contribution in [3.63, 3.8) is 0 Å². The molecule has 0 bridgehead atoms. The number of hydrogen-bond acceptors (Lipinski definition) is 7. The van der Waals surface area contributed by atoms with Crippen molar-refractivity contribution in [2.75, 3.05) is 23.7 Å². The number of halogens is 2. The molecule has 0 radical (unpaired) electrons. The van der Waals surface area contributed by atoms with E-state index in [-0.39, 0.29) is 30.3 Å². The summed E-state index contributed by atoms with van der Waals surface area (Å²) in [4.78, 5) is 25.6. The van der Waals surface area contributed by atoms with Crippen LogP contribution in [0.5, 0.6) is 0 Å². The number of nitrogens with one attached hydrogen (secondary N) is 1. The normalized spacial score (nSPS) is 22.4. The van der Waals surface area contributed by atoms with Crippen molar-refractivity contribution < 1.29 is 13.6 Å². The van der Waals surface area contributed by atoms with Gasteiger partial charge in [-0.05, 0) is 62.8 Å². The molecule has 1 aliphatic heterocycles. The number of anilines is 2. The van der Waals surface area contributed by atoms with Gasteiger partial charge in [0, 0.05) is 48.4 Å². The monoisotopic (exact) mass is 500 g/mol. The molecule has 3 atom stereocenters. The van der Waals surface area contributed by atoms with Gasteiger partial charge in [-0.1, -0.05) is 6.07 Å². The van der Waals surface area contributed by atoms with Crippen LogP contribution in [0.4, 0.5) is 20.3 Å². The van der Waals surface area contributed by atoms with Gasteiger partial charge in [-0.15, -0.1) is 11.3 Å². The van der Waals surface area contributed by atoms with Crippen LogP contribution in [0, 0.1) is 12.8 Å². The van der Waals surface area contributed by atoms with Gasteiger partial charge >= 0.3 is 0 Å². The summed E-state index contributed by atoms with van der Waals surface area (Å²) in [7, 11) is 0. The van der Waals surface area contributed by atoms with Gasteiger partial charge in [-0.25, -0.2) is 18.7 Å². The molecule has 1 aliphatic carbocycles. The van der Waals surface area contributed by atoms with E-state index in [1.54, 1.807) is 0 Å². The van der Waals surface area contributed by atoms with Crippen molar-refractivity contribution in [3.05, 3.63) is 46.1 Å². The lowest BCUT2D eigenvalue weighted by Gasteiger charge is -2.26. The number of carbonyl (C=O) groups is 1. The number of thiophene rings is 1. The number of hydrogen-bond donors (Lipinski definition) is 3. The highest BCUT2D eigenvalue weighted by atomic mass is 32.1. The molecule has 3 aromatic rings. The van der Waals surface area contributed by atoms with Crippen molar-refractivity contribution >= 4 is 39.0 Å². The first-order valence-corrected chi connectivity index (χ1v) is 12.7. The third-order valence-electron chi connectivity index (χ3n) is 6.96. The quantitative estimate of drug-likeness (QED) is 0.493. The van der Waals surface area contributed by atoms with E-state index in [1.807, 2.05) is 36.1 Å². The van der Waals surface area contributed by atoms with Crippen molar-refractivity contribution in [3.8, 4) is 0 Å². The van der Waals surface area contributed by atoms with Gasteiger partial charge in [0.2, 0.25) is 5.92 Å². The average molecular weight is 501 g/mol. The van der Waals surface area contributed by atoms with Crippen LogP contribution in [0.1, 0.15) is 46.4 Å². The lowest BCUT2D eigenvalue weighted by Crippen LogP contribution is -2.39. The van der Waals surface area contributed by atoms with E-state index in [0.717, 1.165) is 52.8 Å². The molecule has 1 amide bonds. The minimum Gasteiger partial charge on any atom is -0.397 e. The summed E-state index contributed by atoms with van der Waals surface area (Å²) < 4.78 is 27.0. The van der Waals surface area contributed by atoms with Crippen molar-refractivity contribution in [2.24, 2.45) is 11.7 Å². The molecule has 35 heavy (non-hydrogen) atoms. The molecule has 5 N–H and O–H groups in total. The van der Waals surface area contributed by atoms with E-state index in [0.29, 0.717) is 30.1 Å². The summed E-state index contributed by atoms with van der Waals surface area (Å²) in [6.07, 6.45) is 1.96. The zero-order valence-electron chi connectivity index (χ0n) is 19.9. The van der Waals surface area contributed by atoms with E-state index in [9.17, 15) is 13.6 Å². The van der Waals surface area contributed by atoms with Gasteiger partial charge in [0.15, 0.2) is 0 Å². The maximum Gasteiger partial charge on any atom is 0.263 e. The third kappa shape index (κ3) is 4.95. The van der Waals surface area contributed by atoms with E-state index >= 15 is 0 Å². The maximum absolute atomic E-state index is 13.5. The maximum atomic E-state index is 13.5. The SMILES string of the molecule is Cc1ccc2c(N)c(C(=O)N[C@H]3CCc4nc(N5C[C@@H](CC(C)(F)F)[C@@H](N)C5)ccc4C3)sc2n1. The molecule has 7 nitrogen and oxygen atoms in total.